The lowest BCUT2D eigenvalue weighted by atomic mass is 10.1. The lowest BCUT2D eigenvalue weighted by molar-refractivity contribution is -0.135. The number of aromatic nitrogens is 1. The molecule has 26 heavy (non-hydrogen) atoms. The summed E-state index contributed by atoms with van der Waals surface area (Å²) in [6, 6.07) is 9.47. The Morgan fingerprint density at radius 2 is 1.77 bits per heavy atom. The van der Waals surface area contributed by atoms with Gasteiger partial charge in [0.25, 0.3) is 5.91 Å². The molecule has 0 unspecified atom stereocenters. The Morgan fingerprint density at radius 3 is 2.31 bits per heavy atom. The average molecular weight is 356 g/mol. The van der Waals surface area contributed by atoms with Crippen molar-refractivity contribution in [2.75, 3.05) is 13.7 Å². The number of nitrogens with zero attached hydrogens (tertiary/aromatic N) is 1. The van der Waals surface area contributed by atoms with E-state index in [1.165, 1.54) is 11.8 Å². The van der Waals surface area contributed by atoms with Crippen molar-refractivity contribution in [1.82, 2.24) is 9.88 Å². The molecule has 0 saturated carbocycles. The highest BCUT2D eigenvalue weighted by Gasteiger charge is 2.23. The Bertz CT molecular complexity index is 824. The number of Topliss-reactive ketones (excluding diaryl/α,β-unsaturated/α-hetero) is 1. The molecule has 0 fully saturated rings. The number of ketones is 1. The Kier molecular flexibility index (Phi) is 5.97. The van der Waals surface area contributed by atoms with Gasteiger partial charge in [0.05, 0.1) is 6.04 Å². The predicted molar refractivity (Wildman–Crippen MR) is 98.2 cm³/mol. The molecular weight excluding hydrogens is 332 g/mol. The molecule has 0 aliphatic heterocycles. The minimum absolute atomic E-state index is 0.122. The van der Waals surface area contributed by atoms with Gasteiger partial charge in [-0.3, -0.25) is 9.59 Å². The number of aryl methyl sites for hydroxylation is 1. The number of likely N-dealkylation sites (N-methyl/N-ethyl adjacent to an activating group) is 1. The molecule has 1 aromatic heterocycles. The van der Waals surface area contributed by atoms with Crippen LogP contribution in [-0.4, -0.2) is 41.2 Å². The average Bonchev–Trinajstić information content (AvgIpc) is 2.93. The van der Waals surface area contributed by atoms with Crippen molar-refractivity contribution in [2.45, 2.75) is 33.7 Å². The Hall–Kier alpha value is -2.89. The number of carbonyl (C=O) groups is 3. The van der Waals surface area contributed by atoms with Crippen molar-refractivity contribution < 1.29 is 19.1 Å². The number of H-pyrrole nitrogens is 1. The van der Waals surface area contributed by atoms with Crippen molar-refractivity contribution in [2.24, 2.45) is 0 Å². The van der Waals surface area contributed by atoms with Crippen LogP contribution in [0, 0.1) is 13.8 Å². The molecule has 0 spiro atoms. The Balaban J connectivity index is 2.02. The first-order chi connectivity index (χ1) is 12.2. The molecule has 0 radical (unpaired) electrons. The lowest BCUT2D eigenvalue weighted by Gasteiger charge is -2.25. The minimum Gasteiger partial charge on any atom is -0.451 e. The van der Waals surface area contributed by atoms with Crippen LogP contribution in [0.5, 0.6) is 0 Å². The van der Waals surface area contributed by atoms with Gasteiger partial charge >= 0.3 is 5.97 Å². The standard InChI is InChI=1S/C20H24N2O4/c1-12-18(15(4)23)13(2)21-19(12)20(25)26-11-17(24)22(5)14(3)16-9-7-6-8-10-16/h6-10,14,21H,11H2,1-5H3/t14-/m0/s1. The number of aromatic amines is 1. The summed E-state index contributed by atoms with van der Waals surface area (Å²) in [6.45, 7) is 6.40. The maximum atomic E-state index is 12.3. The van der Waals surface area contributed by atoms with Gasteiger partial charge in [0.1, 0.15) is 5.69 Å². The van der Waals surface area contributed by atoms with Gasteiger partial charge in [-0.05, 0) is 38.8 Å². The normalized spacial score (nSPS) is 11.7. The largest absolute Gasteiger partial charge is 0.451 e. The summed E-state index contributed by atoms with van der Waals surface area (Å²) < 4.78 is 5.15. The number of esters is 1. The zero-order valence-electron chi connectivity index (χ0n) is 15.8. The maximum absolute atomic E-state index is 12.3. The second kappa shape index (κ2) is 7.99. The van der Waals surface area contributed by atoms with E-state index in [2.05, 4.69) is 4.98 Å². The van der Waals surface area contributed by atoms with E-state index in [1.807, 2.05) is 37.3 Å². The van der Waals surface area contributed by atoms with Gasteiger partial charge in [-0.25, -0.2) is 4.79 Å². The predicted octanol–water partition coefficient (Wildman–Crippen LogP) is 3.21. The van der Waals surface area contributed by atoms with Gasteiger partial charge < -0.3 is 14.6 Å². The van der Waals surface area contributed by atoms with Crippen molar-refractivity contribution in [1.29, 1.82) is 0 Å². The van der Waals surface area contributed by atoms with Crippen molar-refractivity contribution in [3.63, 3.8) is 0 Å². The third-order valence-corrected chi connectivity index (χ3v) is 4.58. The fourth-order valence-electron chi connectivity index (χ4n) is 2.95. The zero-order valence-corrected chi connectivity index (χ0v) is 15.8. The van der Waals surface area contributed by atoms with Gasteiger partial charge in [0.15, 0.2) is 12.4 Å². The van der Waals surface area contributed by atoms with E-state index in [9.17, 15) is 14.4 Å². The van der Waals surface area contributed by atoms with E-state index in [1.54, 1.807) is 20.9 Å². The molecule has 0 aliphatic carbocycles. The summed E-state index contributed by atoms with van der Waals surface area (Å²) in [5.41, 5.74) is 2.84. The molecule has 0 aliphatic rings. The molecule has 2 aromatic rings. The molecule has 1 N–H and O–H groups in total. The second-order valence-corrected chi connectivity index (χ2v) is 6.35. The number of benzene rings is 1. The van der Waals surface area contributed by atoms with Crippen LogP contribution in [-0.2, 0) is 9.53 Å². The highest BCUT2D eigenvalue weighted by atomic mass is 16.5. The summed E-state index contributed by atoms with van der Waals surface area (Å²) in [4.78, 5) is 40.7. The van der Waals surface area contributed by atoms with Crippen LogP contribution < -0.4 is 0 Å². The Morgan fingerprint density at radius 1 is 1.15 bits per heavy atom. The molecule has 6 heteroatoms. The zero-order chi connectivity index (χ0) is 19.4. The van der Waals surface area contributed by atoms with Crippen LogP contribution in [0.1, 0.15) is 57.6 Å². The SMILES string of the molecule is CC(=O)c1c(C)[nH]c(C(=O)OCC(=O)N(C)[C@@H](C)c2ccccc2)c1C. The molecule has 138 valence electrons. The number of ether oxygens (including phenoxy) is 1. The molecule has 0 bridgehead atoms. The smallest absolute Gasteiger partial charge is 0.355 e. The number of rotatable bonds is 6. The second-order valence-electron chi connectivity index (χ2n) is 6.35. The summed E-state index contributed by atoms with van der Waals surface area (Å²) in [7, 11) is 1.67. The minimum atomic E-state index is -0.646. The van der Waals surface area contributed by atoms with Crippen molar-refractivity contribution in [3.8, 4) is 0 Å². The third-order valence-electron chi connectivity index (χ3n) is 4.58. The van der Waals surface area contributed by atoms with Gasteiger partial charge in [0, 0.05) is 18.3 Å². The topological polar surface area (TPSA) is 79.5 Å². The molecule has 1 amide bonds. The van der Waals surface area contributed by atoms with Crippen LogP contribution in [0.4, 0.5) is 0 Å². The lowest BCUT2D eigenvalue weighted by Crippen LogP contribution is -2.33. The summed E-state index contributed by atoms with van der Waals surface area (Å²) >= 11 is 0. The van der Waals surface area contributed by atoms with Crippen LogP contribution >= 0.6 is 0 Å². The molecule has 1 atom stereocenters. The number of nitrogens with one attached hydrogen (secondary N) is 1. The van der Waals surface area contributed by atoms with E-state index in [0.717, 1.165) is 5.56 Å². The van der Waals surface area contributed by atoms with Crippen molar-refractivity contribution >= 4 is 17.7 Å². The van der Waals surface area contributed by atoms with Crippen LogP contribution in [0.15, 0.2) is 30.3 Å². The van der Waals surface area contributed by atoms with Gasteiger partial charge in [-0.1, -0.05) is 30.3 Å². The molecule has 1 heterocycles. The van der Waals surface area contributed by atoms with E-state index in [4.69, 9.17) is 4.74 Å². The van der Waals surface area contributed by atoms with Gasteiger partial charge in [0.2, 0.25) is 0 Å². The number of hydrogen-bond donors (Lipinski definition) is 1. The monoisotopic (exact) mass is 356 g/mol. The molecular formula is C20H24N2O4. The highest BCUT2D eigenvalue weighted by molar-refractivity contribution is 6.01. The number of carbonyl (C=O) groups excluding carboxylic acids is 3. The quantitative estimate of drug-likeness (QED) is 0.637. The molecule has 6 nitrogen and oxygen atoms in total. The fourth-order valence-corrected chi connectivity index (χ4v) is 2.95. The van der Waals surface area contributed by atoms with E-state index < -0.39 is 5.97 Å². The van der Waals surface area contributed by atoms with Crippen molar-refractivity contribution in [3.05, 3.63) is 58.4 Å². The van der Waals surface area contributed by atoms with Gasteiger partial charge in [-0.15, -0.1) is 0 Å². The molecule has 1 aromatic carbocycles. The van der Waals surface area contributed by atoms with Crippen LogP contribution in [0.25, 0.3) is 0 Å². The summed E-state index contributed by atoms with van der Waals surface area (Å²) in [5, 5.41) is 0. The molecule has 0 saturated heterocycles. The third kappa shape index (κ3) is 4.02. The van der Waals surface area contributed by atoms with Crippen LogP contribution in [0.2, 0.25) is 0 Å². The first kappa shape index (κ1) is 19.4. The first-order valence-electron chi connectivity index (χ1n) is 8.41. The Labute approximate surface area is 153 Å². The van der Waals surface area contributed by atoms with E-state index in [0.29, 0.717) is 16.8 Å². The fraction of sp³-hybridized carbons (Fsp3) is 0.350. The first-order valence-corrected chi connectivity index (χ1v) is 8.41. The van der Waals surface area contributed by atoms with E-state index in [-0.39, 0.29) is 30.0 Å². The number of hydrogen-bond acceptors (Lipinski definition) is 4. The number of amides is 1. The molecule has 2 rings (SSSR count). The van der Waals surface area contributed by atoms with E-state index >= 15 is 0 Å². The van der Waals surface area contributed by atoms with Crippen LogP contribution in [0.3, 0.4) is 0 Å². The summed E-state index contributed by atoms with van der Waals surface area (Å²) in [6.07, 6.45) is 0. The summed E-state index contributed by atoms with van der Waals surface area (Å²) in [5.74, 6) is -1.07. The highest BCUT2D eigenvalue weighted by Crippen LogP contribution is 2.20. The van der Waals surface area contributed by atoms with Gasteiger partial charge in [-0.2, -0.15) is 0 Å². The maximum Gasteiger partial charge on any atom is 0.355 e.